The number of aromatic nitrogens is 2. The van der Waals surface area contributed by atoms with Gasteiger partial charge < -0.3 is 5.32 Å². The van der Waals surface area contributed by atoms with Crippen molar-refractivity contribution in [2.24, 2.45) is 0 Å². The Morgan fingerprint density at radius 2 is 2.12 bits per heavy atom. The van der Waals surface area contributed by atoms with Crippen LogP contribution in [0.3, 0.4) is 0 Å². The van der Waals surface area contributed by atoms with Crippen LogP contribution in [0.25, 0.3) is 11.3 Å². The number of benzene rings is 1. The first-order chi connectivity index (χ1) is 12.6. The van der Waals surface area contributed by atoms with Crippen LogP contribution in [0.2, 0.25) is 0 Å². The molecule has 1 aliphatic heterocycles. The van der Waals surface area contributed by atoms with E-state index in [-0.39, 0.29) is 5.91 Å². The van der Waals surface area contributed by atoms with E-state index >= 15 is 0 Å². The van der Waals surface area contributed by atoms with Crippen molar-refractivity contribution in [3.05, 3.63) is 53.4 Å². The average molecular weight is 352 g/mol. The van der Waals surface area contributed by atoms with E-state index < -0.39 is 0 Å². The van der Waals surface area contributed by atoms with Gasteiger partial charge in [-0.25, -0.2) is 4.68 Å². The molecule has 1 aromatic carbocycles. The molecule has 2 aromatic rings. The normalized spacial score (nSPS) is 15.0. The SMILES string of the molecule is CCCNC(=O)CN1CC=C(c2cnn(-c3ccc(C)c(C)c3)c2)CC1. The van der Waals surface area contributed by atoms with Crippen molar-refractivity contribution in [2.75, 3.05) is 26.2 Å². The Labute approximate surface area is 155 Å². The lowest BCUT2D eigenvalue weighted by molar-refractivity contribution is -0.122. The third kappa shape index (κ3) is 4.41. The summed E-state index contributed by atoms with van der Waals surface area (Å²) in [5.41, 5.74) is 6.13. The topological polar surface area (TPSA) is 50.2 Å². The van der Waals surface area contributed by atoms with Crippen LogP contribution < -0.4 is 5.32 Å². The Kier molecular flexibility index (Phi) is 5.89. The fourth-order valence-corrected chi connectivity index (χ4v) is 3.14. The first-order valence-electron chi connectivity index (χ1n) is 9.37. The van der Waals surface area contributed by atoms with Gasteiger partial charge in [0.15, 0.2) is 0 Å². The number of hydrogen-bond donors (Lipinski definition) is 1. The number of nitrogens with zero attached hydrogens (tertiary/aromatic N) is 3. The van der Waals surface area contributed by atoms with Gasteiger partial charge in [0.25, 0.3) is 0 Å². The number of carbonyl (C=O) groups is 1. The fourth-order valence-electron chi connectivity index (χ4n) is 3.14. The summed E-state index contributed by atoms with van der Waals surface area (Å²) in [7, 11) is 0. The molecule has 0 spiro atoms. The number of amides is 1. The summed E-state index contributed by atoms with van der Waals surface area (Å²) in [5.74, 6) is 0.117. The summed E-state index contributed by atoms with van der Waals surface area (Å²) in [6.45, 7) is 9.25. The van der Waals surface area contributed by atoms with Crippen LogP contribution in [0.1, 0.15) is 36.5 Å². The lowest BCUT2D eigenvalue weighted by Crippen LogP contribution is -2.39. The molecular weight excluding hydrogens is 324 g/mol. The highest BCUT2D eigenvalue weighted by molar-refractivity contribution is 5.78. The van der Waals surface area contributed by atoms with E-state index in [1.807, 2.05) is 10.9 Å². The molecule has 0 atom stereocenters. The molecule has 1 amide bonds. The number of rotatable bonds is 6. The van der Waals surface area contributed by atoms with E-state index in [2.05, 4.69) is 66.6 Å². The van der Waals surface area contributed by atoms with Crippen LogP contribution in [0.4, 0.5) is 0 Å². The predicted molar refractivity (Wildman–Crippen MR) is 105 cm³/mol. The van der Waals surface area contributed by atoms with Gasteiger partial charge in [-0.15, -0.1) is 0 Å². The van der Waals surface area contributed by atoms with Crippen molar-refractivity contribution in [2.45, 2.75) is 33.6 Å². The molecule has 3 rings (SSSR count). The van der Waals surface area contributed by atoms with Gasteiger partial charge in [-0.05, 0) is 55.5 Å². The molecule has 1 N–H and O–H groups in total. The minimum absolute atomic E-state index is 0.117. The Bertz CT molecular complexity index is 806. The van der Waals surface area contributed by atoms with E-state index in [1.54, 1.807) is 0 Å². The molecule has 0 fully saturated rings. The third-order valence-corrected chi connectivity index (χ3v) is 4.94. The van der Waals surface area contributed by atoms with Gasteiger partial charge in [-0.3, -0.25) is 9.69 Å². The predicted octanol–water partition coefficient (Wildman–Crippen LogP) is 3.10. The van der Waals surface area contributed by atoms with Crippen LogP contribution in [0.15, 0.2) is 36.7 Å². The molecule has 0 radical (unpaired) electrons. The molecule has 138 valence electrons. The first kappa shape index (κ1) is 18.4. The molecular formula is C21H28N4O. The quantitative estimate of drug-likeness (QED) is 0.869. The molecule has 1 aliphatic rings. The highest BCUT2D eigenvalue weighted by Gasteiger charge is 2.16. The minimum Gasteiger partial charge on any atom is -0.355 e. The molecule has 0 aliphatic carbocycles. The Hall–Kier alpha value is -2.40. The zero-order valence-corrected chi connectivity index (χ0v) is 16.0. The maximum absolute atomic E-state index is 11.8. The highest BCUT2D eigenvalue weighted by Crippen LogP contribution is 2.23. The second kappa shape index (κ2) is 8.32. The largest absolute Gasteiger partial charge is 0.355 e. The molecule has 26 heavy (non-hydrogen) atoms. The number of nitrogens with one attached hydrogen (secondary N) is 1. The zero-order chi connectivity index (χ0) is 18.5. The standard InChI is InChI=1S/C21H28N4O/c1-4-9-22-21(26)15-24-10-7-18(8-11-24)19-13-23-25(14-19)20-6-5-16(2)17(3)12-20/h5-7,12-14H,4,8-11,15H2,1-3H3,(H,22,26). The Morgan fingerprint density at radius 1 is 1.27 bits per heavy atom. The van der Waals surface area contributed by atoms with E-state index in [0.29, 0.717) is 6.54 Å². The third-order valence-electron chi connectivity index (χ3n) is 4.94. The first-order valence-corrected chi connectivity index (χ1v) is 9.37. The van der Waals surface area contributed by atoms with Crippen LogP contribution in [0, 0.1) is 13.8 Å². The van der Waals surface area contributed by atoms with Gasteiger partial charge in [0.05, 0.1) is 18.4 Å². The van der Waals surface area contributed by atoms with Crippen molar-refractivity contribution < 1.29 is 4.79 Å². The summed E-state index contributed by atoms with van der Waals surface area (Å²) in [5, 5.41) is 7.47. The lowest BCUT2D eigenvalue weighted by atomic mass is 10.0. The summed E-state index contributed by atoms with van der Waals surface area (Å²) in [6.07, 6.45) is 8.17. The maximum atomic E-state index is 11.8. The van der Waals surface area contributed by atoms with Crippen molar-refractivity contribution in [1.29, 1.82) is 0 Å². The van der Waals surface area contributed by atoms with Crippen LogP contribution in [0.5, 0.6) is 0 Å². The Morgan fingerprint density at radius 3 is 2.81 bits per heavy atom. The number of carbonyl (C=O) groups excluding carboxylic acids is 1. The van der Waals surface area contributed by atoms with Crippen LogP contribution >= 0.6 is 0 Å². The highest BCUT2D eigenvalue weighted by atomic mass is 16.2. The average Bonchev–Trinajstić information content (AvgIpc) is 3.13. The van der Waals surface area contributed by atoms with E-state index in [4.69, 9.17) is 0 Å². The van der Waals surface area contributed by atoms with Crippen molar-refractivity contribution in [1.82, 2.24) is 20.0 Å². The maximum Gasteiger partial charge on any atom is 0.234 e. The molecule has 0 saturated heterocycles. The fraction of sp³-hybridized carbons (Fsp3) is 0.429. The molecule has 5 nitrogen and oxygen atoms in total. The van der Waals surface area contributed by atoms with Gasteiger partial charge in [0.2, 0.25) is 5.91 Å². The van der Waals surface area contributed by atoms with Gasteiger partial charge >= 0.3 is 0 Å². The van der Waals surface area contributed by atoms with Crippen molar-refractivity contribution >= 4 is 11.5 Å². The second-order valence-corrected chi connectivity index (χ2v) is 7.01. The van der Waals surface area contributed by atoms with Crippen molar-refractivity contribution in [3.8, 4) is 5.69 Å². The number of aryl methyl sites for hydroxylation is 2. The summed E-state index contributed by atoms with van der Waals surface area (Å²) in [6, 6.07) is 6.40. The number of hydrogen-bond acceptors (Lipinski definition) is 3. The van der Waals surface area contributed by atoms with E-state index in [1.165, 1.54) is 22.3 Å². The second-order valence-electron chi connectivity index (χ2n) is 7.01. The molecule has 5 heteroatoms. The smallest absolute Gasteiger partial charge is 0.234 e. The zero-order valence-electron chi connectivity index (χ0n) is 16.0. The molecule has 2 heterocycles. The van der Waals surface area contributed by atoms with Gasteiger partial charge in [0.1, 0.15) is 0 Å². The van der Waals surface area contributed by atoms with Crippen LogP contribution in [-0.2, 0) is 4.79 Å². The molecule has 0 bridgehead atoms. The minimum atomic E-state index is 0.117. The molecule has 0 unspecified atom stereocenters. The summed E-state index contributed by atoms with van der Waals surface area (Å²) in [4.78, 5) is 14.0. The van der Waals surface area contributed by atoms with Gasteiger partial charge in [-0.1, -0.05) is 19.1 Å². The summed E-state index contributed by atoms with van der Waals surface area (Å²) >= 11 is 0. The van der Waals surface area contributed by atoms with E-state index in [9.17, 15) is 4.79 Å². The van der Waals surface area contributed by atoms with Crippen molar-refractivity contribution in [3.63, 3.8) is 0 Å². The van der Waals surface area contributed by atoms with Gasteiger partial charge in [0, 0.05) is 31.4 Å². The van der Waals surface area contributed by atoms with Gasteiger partial charge in [-0.2, -0.15) is 5.10 Å². The van der Waals surface area contributed by atoms with Crippen LogP contribution in [-0.4, -0.2) is 46.8 Å². The van der Waals surface area contributed by atoms with E-state index in [0.717, 1.165) is 38.2 Å². The lowest BCUT2D eigenvalue weighted by Gasteiger charge is -2.25. The molecule has 1 aromatic heterocycles. The molecule has 0 saturated carbocycles. The summed E-state index contributed by atoms with van der Waals surface area (Å²) < 4.78 is 1.94. The monoisotopic (exact) mass is 352 g/mol. The Balaban J connectivity index is 1.63.